The molecule has 1 saturated carbocycles. The fourth-order valence-electron chi connectivity index (χ4n) is 3.79. The molecule has 7 nitrogen and oxygen atoms in total. The lowest BCUT2D eigenvalue weighted by Crippen LogP contribution is -2.29. The van der Waals surface area contributed by atoms with Crippen molar-refractivity contribution >= 4 is 17.3 Å². The van der Waals surface area contributed by atoms with E-state index in [1.54, 1.807) is 6.20 Å². The van der Waals surface area contributed by atoms with Crippen molar-refractivity contribution in [2.45, 2.75) is 51.0 Å². The summed E-state index contributed by atoms with van der Waals surface area (Å²) in [7, 11) is 0. The zero-order valence-electron chi connectivity index (χ0n) is 17.8. The molecule has 2 aromatic heterocycles. The first kappa shape index (κ1) is 20.9. The third-order valence-electron chi connectivity index (χ3n) is 5.89. The van der Waals surface area contributed by atoms with Crippen molar-refractivity contribution in [1.29, 1.82) is 0 Å². The largest absolute Gasteiger partial charge is 0.387 e. The summed E-state index contributed by atoms with van der Waals surface area (Å²) in [4.78, 5) is 25.1. The number of carbonyl (C=O) groups is 1. The van der Waals surface area contributed by atoms with Crippen LogP contribution < -0.4 is 11.1 Å². The molecule has 1 atom stereocenters. The molecular weight excluding hydrogens is 390 g/mol. The van der Waals surface area contributed by atoms with E-state index in [0.29, 0.717) is 17.8 Å². The molecule has 0 aliphatic heterocycles. The van der Waals surface area contributed by atoms with E-state index in [2.05, 4.69) is 20.3 Å². The number of primary amides is 1. The van der Waals surface area contributed by atoms with E-state index in [1.165, 1.54) is 6.33 Å². The molecule has 0 bridgehead atoms. The summed E-state index contributed by atoms with van der Waals surface area (Å²) in [5.74, 6) is -0.337. The number of aliphatic hydroxyl groups excluding tert-OH is 1. The van der Waals surface area contributed by atoms with Crippen LogP contribution in [0.5, 0.6) is 0 Å². The third-order valence-corrected chi connectivity index (χ3v) is 5.89. The van der Waals surface area contributed by atoms with Crippen LogP contribution in [-0.4, -0.2) is 26.0 Å². The molecule has 4 N–H and O–H groups in total. The molecule has 160 valence electrons. The van der Waals surface area contributed by atoms with Gasteiger partial charge in [-0.25, -0.2) is 9.97 Å². The lowest BCUT2D eigenvalue weighted by atomic mass is 9.99. The van der Waals surface area contributed by atoms with Crippen LogP contribution in [0.15, 0.2) is 48.9 Å². The molecule has 1 unspecified atom stereocenters. The number of anilines is 2. The van der Waals surface area contributed by atoms with Crippen LogP contribution in [0, 0.1) is 6.92 Å². The minimum absolute atomic E-state index is 0.337. The van der Waals surface area contributed by atoms with Gasteiger partial charge in [-0.15, -0.1) is 0 Å². The quantitative estimate of drug-likeness (QED) is 0.511. The van der Waals surface area contributed by atoms with Gasteiger partial charge >= 0.3 is 0 Å². The number of pyridine rings is 1. The number of rotatable bonds is 8. The lowest BCUT2D eigenvalue weighted by molar-refractivity contribution is -0.120. The van der Waals surface area contributed by atoms with Crippen LogP contribution in [0.4, 0.5) is 11.4 Å². The van der Waals surface area contributed by atoms with E-state index in [9.17, 15) is 9.90 Å². The molecule has 1 aliphatic carbocycles. The number of hydrogen-bond donors (Lipinski definition) is 3. The average molecular weight is 418 g/mol. The Kier molecular flexibility index (Phi) is 5.69. The number of nitrogens with one attached hydrogen (secondary N) is 1. The minimum Gasteiger partial charge on any atom is -0.387 e. The SMILES string of the molecule is CCCC(O)c1cc(C)c(Nc2ccccc2-c2cc(C3(C(N)=O)CC3)ncn2)cn1. The van der Waals surface area contributed by atoms with Crippen molar-refractivity contribution in [2.75, 3.05) is 5.32 Å². The molecule has 7 heteroatoms. The summed E-state index contributed by atoms with van der Waals surface area (Å²) in [6.45, 7) is 4.03. The number of benzene rings is 1. The maximum absolute atomic E-state index is 11.9. The fourth-order valence-corrected chi connectivity index (χ4v) is 3.79. The smallest absolute Gasteiger partial charge is 0.229 e. The Hall–Kier alpha value is -3.32. The first-order valence-electron chi connectivity index (χ1n) is 10.6. The summed E-state index contributed by atoms with van der Waals surface area (Å²) in [5.41, 5.74) is 10.6. The normalized spacial score (nSPS) is 15.3. The van der Waals surface area contributed by atoms with Crippen LogP contribution in [0.25, 0.3) is 11.3 Å². The monoisotopic (exact) mass is 417 g/mol. The lowest BCUT2D eigenvalue weighted by Gasteiger charge is -2.16. The van der Waals surface area contributed by atoms with Crippen molar-refractivity contribution in [2.24, 2.45) is 5.73 Å². The predicted octanol–water partition coefficient (Wildman–Crippen LogP) is 3.94. The number of hydrogen-bond acceptors (Lipinski definition) is 6. The number of nitrogens with zero attached hydrogens (tertiary/aromatic N) is 3. The highest BCUT2D eigenvalue weighted by atomic mass is 16.3. The standard InChI is InChI=1S/C24H27N5O2/c1-3-6-21(30)19-11-15(2)20(13-26-19)29-17-8-5-4-7-16(17)18-12-22(28-14-27-18)24(9-10-24)23(25)31/h4-5,7-8,11-14,21,29-30H,3,6,9-10H2,1-2H3,(H2,25,31). The molecule has 1 aromatic carbocycles. The first-order chi connectivity index (χ1) is 14.9. The van der Waals surface area contributed by atoms with Gasteiger partial charge in [-0.05, 0) is 49.9 Å². The molecule has 4 rings (SSSR count). The highest BCUT2D eigenvalue weighted by Gasteiger charge is 2.51. The van der Waals surface area contributed by atoms with Gasteiger partial charge in [-0.2, -0.15) is 0 Å². The van der Waals surface area contributed by atoms with Gasteiger partial charge in [-0.1, -0.05) is 31.5 Å². The highest BCUT2D eigenvalue weighted by Crippen LogP contribution is 2.47. The number of amides is 1. The van der Waals surface area contributed by atoms with Crippen molar-refractivity contribution in [3.63, 3.8) is 0 Å². The van der Waals surface area contributed by atoms with E-state index >= 15 is 0 Å². The van der Waals surface area contributed by atoms with Gasteiger partial charge in [0, 0.05) is 11.3 Å². The van der Waals surface area contributed by atoms with Gasteiger partial charge in [0.15, 0.2) is 0 Å². The summed E-state index contributed by atoms with van der Waals surface area (Å²) in [6.07, 6.45) is 5.71. The third kappa shape index (κ3) is 4.14. The number of aromatic nitrogens is 3. The number of aryl methyl sites for hydroxylation is 1. The predicted molar refractivity (Wildman–Crippen MR) is 120 cm³/mol. The van der Waals surface area contributed by atoms with E-state index in [4.69, 9.17) is 5.73 Å². The number of para-hydroxylation sites is 1. The fraction of sp³-hybridized carbons (Fsp3) is 0.333. The summed E-state index contributed by atoms with van der Waals surface area (Å²) in [6, 6.07) is 11.6. The van der Waals surface area contributed by atoms with Gasteiger partial charge < -0.3 is 16.2 Å². The van der Waals surface area contributed by atoms with Gasteiger partial charge in [0.05, 0.1) is 40.5 Å². The molecule has 0 saturated heterocycles. The zero-order chi connectivity index (χ0) is 22.0. The Balaban J connectivity index is 1.64. The topological polar surface area (TPSA) is 114 Å². The maximum atomic E-state index is 11.9. The molecule has 0 radical (unpaired) electrons. The minimum atomic E-state index is -0.657. The Morgan fingerprint density at radius 3 is 2.65 bits per heavy atom. The zero-order valence-corrected chi connectivity index (χ0v) is 17.8. The molecule has 1 amide bonds. The van der Waals surface area contributed by atoms with E-state index < -0.39 is 11.5 Å². The molecular formula is C24H27N5O2. The summed E-state index contributed by atoms with van der Waals surface area (Å²) < 4.78 is 0. The molecule has 0 spiro atoms. The summed E-state index contributed by atoms with van der Waals surface area (Å²) >= 11 is 0. The van der Waals surface area contributed by atoms with E-state index in [0.717, 1.165) is 47.5 Å². The molecule has 3 aromatic rings. The van der Waals surface area contributed by atoms with Crippen molar-refractivity contribution in [1.82, 2.24) is 15.0 Å². The number of carbonyl (C=O) groups excluding carboxylic acids is 1. The molecule has 31 heavy (non-hydrogen) atoms. The average Bonchev–Trinajstić information content (AvgIpc) is 3.58. The van der Waals surface area contributed by atoms with Gasteiger partial charge in [0.1, 0.15) is 6.33 Å². The molecule has 1 fully saturated rings. The second-order valence-electron chi connectivity index (χ2n) is 8.13. The second kappa shape index (κ2) is 8.43. The van der Waals surface area contributed by atoms with E-state index in [-0.39, 0.29) is 5.91 Å². The van der Waals surface area contributed by atoms with Crippen LogP contribution >= 0.6 is 0 Å². The number of aliphatic hydroxyl groups is 1. The van der Waals surface area contributed by atoms with Crippen molar-refractivity contribution in [3.05, 3.63) is 65.9 Å². The Morgan fingerprint density at radius 1 is 1.19 bits per heavy atom. The van der Waals surface area contributed by atoms with Crippen LogP contribution in [0.2, 0.25) is 0 Å². The number of nitrogens with two attached hydrogens (primary N) is 1. The van der Waals surface area contributed by atoms with Crippen molar-refractivity contribution in [3.8, 4) is 11.3 Å². The van der Waals surface area contributed by atoms with Crippen LogP contribution in [0.3, 0.4) is 0 Å². The first-order valence-corrected chi connectivity index (χ1v) is 10.6. The van der Waals surface area contributed by atoms with Crippen molar-refractivity contribution < 1.29 is 9.90 Å². The van der Waals surface area contributed by atoms with Crippen LogP contribution in [-0.2, 0) is 10.2 Å². The van der Waals surface area contributed by atoms with Gasteiger partial charge in [-0.3, -0.25) is 9.78 Å². The Bertz CT molecular complexity index is 1110. The van der Waals surface area contributed by atoms with Crippen LogP contribution in [0.1, 0.15) is 55.7 Å². The second-order valence-corrected chi connectivity index (χ2v) is 8.13. The molecule has 1 aliphatic rings. The van der Waals surface area contributed by atoms with Gasteiger partial charge in [0.2, 0.25) is 5.91 Å². The Labute approximate surface area is 181 Å². The maximum Gasteiger partial charge on any atom is 0.229 e. The summed E-state index contributed by atoms with van der Waals surface area (Å²) in [5, 5.41) is 13.7. The molecule has 2 heterocycles. The highest BCUT2D eigenvalue weighted by molar-refractivity contribution is 5.90. The Morgan fingerprint density at radius 2 is 1.97 bits per heavy atom. The van der Waals surface area contributed by atoms with Gasteiger partial charge in [0.25, 0.3) is 0 Å². The van der Waals surface area contributed by atoms with E-state index in [1.807, 2.05) is 50.2 Å².